The molecule has 1 aromatic carbocycles. The van der Waals surface area contributed by atoms with Gasteiger partial charge in [0.2, 0.25) is 5.91 Å². The van der Waals surface area contributed by atoms with E-state index in [-0.39, 0.29) is 24.2 Å². The number of hydrogen-bond donors (Lipinski definition) is 1. The molecule has 2 heterocycles. The first-order chi connectivity index (χ1) is 14.7. The van der Waals surface area contributed by atoms with Crippen LogP contribution >= 0.6 is 11.6 Å². The Kier molecular flexibility index (Phi) is 7.26. The van der Waals surface area contributed by atoms with E-state index in [1.807, 2.05) is 17.9 Å². The molecule has 2 N–H and O–H groups in total. The first kappa shape index (κ1) is 23.1. The SMILES string of the molecule is CCn1nc(C(C)C)cc1C(=O)N1CCC(COc2ccc(Cl)cc2)(CC(N)=O)CC1. The summed E-state index contributed by atoms with van der Waals surface area (Å²) in [6.45, 7) is 8.21. The topological polar surface area (TPSA) is 90.4 Å². The summed E-state index contributed by atoms with van der Waals surface area (Å²) in [4.78, 5) is 26.8. The number of carbonyl (C=O) groups is 2. The Morgan fingerprint density at radius 1 is 1.23 bits per heavy atom. The van der Waals surface area contributed by atoms with Gasteiger partial charge in [-0.05, 0) is 56.0 Å². The Labute approximate surface area is 188 Å². The smallest absolute Gasteiger partial charge is 0.272 e. The lowest BCUT2D eigenvalue weighted by atomic mass is 9.76. The van der Waals surface area contributed by atoms with Crippen molar-refractivity contribution in [2.45, 2.75) is 52.5 Å². The highest BCUT2D eigenvalue weighted by Gasteiger charge is 2.39. The van der Waals surface area contributed by atoms with Crippen LogP contribution in [0.1, 0.15) is 62.1 Å². The summed E-state index contributed by atoms with van der Waals surface area (Å²) in [5, 5.41) is 5.20. The van der Waals surface area contributed by atoms with Gasteiger partial charge in [-0.15, -0.1) is 0 Å². The van der Waals surface area contributed by atoms with Gasteiger partial charge in [0.1, 0.15) is 11.4 Å². The molecular formula is C23H31ClN4O3. The number of aryl methyl sites for hydroxylation is 1. The minimum absolute atomic E-state index is 0.0208. The summed E-state index contributed by atoms with van der Waals surface area (Å²) in [5.74, 6) is 0.575. The maximum absolute atomic E-state index is 13.2. The Hall–Kier alpha value is -2.54. The van der Waals surface area contributed by atoms with Gasteiger partial charge in [0, 0.05) is 36.5 Å². The van der Waals surface area contributed by atoms with E-state index in [0.717, 1.165) is 5.69 Å². The molecular weight excluding hydrogens is 416 g/mol. The lowest BCUT2D eigenvalue weighted by molar-refractivity contribution is -0.121. The second-order valence-corrected chi connectivity index (χ2v) is 9.04. The van der Waals surface area contributed by atoms with E-state index < -0.39 is 5.41 Å². The molecule has 0 unspecified atom stereocenters. The predicted octanol–water partition coefficient (Wildman–Crippen LogP) is 3.86. The predicted molar refractivity (Wildman–Crippen MR) is 120 cm³/mol. The molecule has 1 aliphatic heterocycles. The number of hydrogen-bond acceptors (Lipinski definition) is 4. The second-order valence-electron chi connectivity index (χ2n) is 8.60. The Morgan fingerprint density at radius 2 is 1.87 bits per heavy atom. The summed E-state index contributed by atoms with van der Waals surface area (Å²) < 4.78 is 7.74. The number of carbonyl (C=O) groups excluding carboxylic acids is 2. The maximum Gasteiger partial charge on any atom is 0.272 e. The molecule has 0 atom stereocenters. The maximum atomic E-state index is 13.2. The zero-order valence-corrected chi connectivity index (χ0v) is 19.2. The molecule has 0 aliphatic carbocycles. The summed E-state index contributed by atoms with van der Waals surface area (Å²) >= 11 is 5.93. The van der Waals surface area contributed by atoms with Gasteiger partial charge in [0.25, 0.3) is 5.91 Å². The van der Waals surface area contributed by atoms with E-state index >= 15 is 0 Å². The number of ether oxygens (including phenoxy) is 1. The van der Waals surface area contributed by atoms with E-state index in [1.54, 1.807) is 28.9 Å². The normalized spacial score (nSPS) is 15.8. The van der Waals surface area contributed by atoms with Crippen LogP contribution in [0.15, 0.2) is 30.3 Å². The van der Waals surface area contributed by atoms with Crippen molar-refractivity contribution < 1.29 is 14.3 Å². The van der Waals surface area contributed by atoms with Gasteiger partial charge in [-0.2, -0.15) is 5.10 Å². The Morgan fingerprint density at radius 3 is 2.42 bits per heavy atom. The van der Waals surface area contributed by atoms with Crippen molar-refractivity contribution in [1.29, 1.82) is 0 Å². The first-order valence-corrected chi connectivity index (χ1v) is 11.1. The molecule has 1 fully saturated rings. The molecule has 0 bridgehead atoms. The number of halogens is 1. The average molecular weight is 447 g/mol. The lowest BCUT2D eigenvalue weighted by Gasteiger charge is -2.41. The van der Waals surface area contributed by atoms with Crippen LogP contribution in [0.25, 0.3) is 0 Å². The molecule has 2 amide bonds. The second kappa shape index (κ2) is 9.73. The van der Waals surface area contributed by atoms with E-state index in [4.69, 9.17) is 22.1 Å². The fraction of sp³-hybridized carbons (Fsp3) is 0.522. The molecule has 168 valence electrons. The monoisotopic (exact) mass is 446 g/mol. The Bertz CT molecular complexity index is 915. The quantitative estimate of drug-likeness (QED) is 0.666. The highest BCUT2D eigenvalue weighted by atomic mass is 35.5. The first-order valence-electron chi connectivity index (χ1n) is 10.8. The highest BCUT2D eigenvalue weighted by molar-refractivity contribution is 6.30. The number of amides is 2. The van der Waals surface area contributed by atoms with Gasteiger partial charge in [0.15, 0.2) is 0 Å². The molecule has 1 aromatic heterocycles. The molecule has 1 saturated heterocycles. The van der Waals surface area contributed by atoms with Crippen LogP contribution in [-0.2, 0) is 11.3 Å². The summed E-state index contributed by atoms with van der Waals surface area (Å²) in [6, 6.07) is 9.03. The van der Waals surface area contributed by atoms with Gasteiger partial charge >= 0.3 is 0 Å². The van der Waals surface area contributed by atoms with Gasteiger partial charge < -0.3 is 15.4 Å². The van der Waals surface area contributed by atoms with Crippen LogP contribution in [-0.4, -0.2) is 46.2 Å². The number of aromatic nitrogens is 2. The summed E-state index contributed by atoms with van der Waals surface area (Å²) in [5.41, 5.74) is 6.69. The zero-order valence-electron chi connectivity index (χ0n) is 18.4. The molecule has 2 aromatic rings. The molecule has 31 heavy (non-hydrogen) atoms. The van der Waals surface area contributed by atoms with Crippen molar-refractivity contribution in [3.8, 4) is 5.75 Å². The lowest BCUT2D eigenvalue weighted by Crippen LogP contribution is -2.47. The molecule has 0 spiro atoms. The average Bonchev–Trinajstić information content (AvgIpc) is 3.18. The van der Waals surface area contributed by atoms with Crippen molar-refractivity contribution >= 4 is 23.4 Å². The number of primary amides is 1. The van der Waals surface area contributed by atoms with Crippen LogP contribution in [0.2, 0.25) is 5.02 Å². The van der Waals surface area contributed by atoms with Gasteiger partial charge in [-0.1, -0.05) is 25.4 Å². The minimum atomic E-state index is -0.393. The largest absolute Gasteiger partial charge is 0.493 e. The van der Waals surface area contributed by atoms with Crippen LogP contribution in [0.4, 0.5) is 0 Å². The minimum Gasteiger partial charge on any atom is -0.493 e. The molecule has 7 nitrogen and oxygen atoms in total. The number of nitrogens with two attached hydrogens (primary N) is 1. The van der Waals surface area contributed by atoms with Crippen molar-refractivity contribution in [3.05, 3.63) is 46.7 Å². The van der Waals surface area contributed by atoms with Crippen LogP contribution in [0.3, 0.4) is 0 Å². The van der Waals surface area contributed by atoms with Gasteiger partial charge in [-0.25, -0.2) is 0 Å². The number of benzene rings is 1. The number of rotatable bonds is 8. The number of likely N-dealkylation sites (tertiary alicyclic amines) is 1. The third kappa shape index (κ3) is 5.58. The number of piperidine rings is 1. The van der Waals surface area contributed by atoms with Crippen molar-refractivity contribution in [2.75, 3.05) is 19.7 Å². The molecule has 0 saturated carbocycles. The van der Waals surface area contributed by atoms with E-state index in [9.17, 15) is 9.59 Å². The third-order valence-electron chi connectivity index (χ3n) is 5.93. The molecule has 1 aliphatic rings. The van der Waals surface area contributed by atoms with Crippen LogP contribution < -0.4 is 10.5 Å². The van der Waals surface area contributed by atoms with Gasteiger partial charge in [0.05, 0.1) is 12.3 Å². The van der Waals surface area contributed by atoms with E-state index in [0.29, 0.717) is 55.5 Å². The highest BCUT2D eigenvalue weighted by Crippen LogP contribution is 2.36. The third-order valence-corrected chi connectivity index (χ3v) is 6.18. The van der Waals surface area contributed by atoms with Crippen LogP contribution in [0.5, 0.6) is 5.75 Å². The fourth-order valence-corrected chi connectivity index (χ4v) is 4.11. The summed E-state index contributed by atoms with van der Waals surface area (Å²) in [7, 11) is 0. The van der Waals surface area contributed by atoms with Crippen molar-refractivity contribution in [3.63, 3.8) is 0 Å². The Balaban J connectivity index is 1.69. The number of nitrogens with zero attached hydrogens (tertiary/aromatic N) is 3. The summed E-state index contributed by atoms with van der Waals surface area (Å²) in [6.07, 6.45) is 1.52. The zero-order chi connectivity index (χ0) is 22.6. The van der Waals surface area contributed by atoms with Crippen LogP contribution in [0, 0.1) is 5.41 Å². The van der Waals surface area contributed by atoms with Crippen molar-refractivity contribution in [1.82, 2.24) is 14.7 Å². The standard InChI is InChI=1S/C23H31ClN4O3/c1-4-28-20(13-19(26-28)16(2)3)22(30)27-11-9-23(10-12-27,14-21(25)29)15-31-18-7-5-17(24)6-8-18/h5-8,13,16H,4,9-12,14-15H2,1-3H3,(H2,25,29). The van der Waals surface area contributed by atoms with Crippen molar-refractivity contribution in [2.24, 2.45) is 11.1 Å². The van der Waals surface area contributed by atoms with E-state index in [2.05, 4.69) is 18.9 Å². The molecule has 3 rings (SSSR count). The molecule has 0 radical (unpaired) electrons. The van der Waals surface area contributed by atoms with Gasteiger partial charge in [-0.3, -0.25) is 14.3 Å². The van der Waals surface area contributed by atoms with E-state index in [1.165, 1.54) is 0 Å². The molecule has 8 heteroatoms. The fourth-order valence-electron chi connectivity index (χ4n) is 3.99.